The van der Waals surface area contributed by atoms with Crippen molar-refractivity contribution < 1.29 is 83.5 Å². The number of aromatic nitrogens is 3. The maximum atomic E-state index is 13.9. The molecule has 2 aromatic carbocycles. The number of nitrogens with one attached hydrogen (secondary N) is 4. The summed E-state index contributed by atoms with van der Waals surface area (Å²) >= 11 is 0. The number of halogens is 3. The second kappa shape index (κ2) is 28.7. The number of aliphatic hydroxyl groups excluding tert-OH is 2. The zero-order chi connectivity index (χ0) is 58.3. The van der Waals surface area contributed by atoms with Crippen LogP contribution in [0.25, 0.3) is 16.9 Å². The maximum absolute atomic E-state index is 13.9. The zero-order valence-electron chi connectivity index (χ0n) is 44.6. The van der Waals surface area contributed by atoms with Gasteiger partial charge in [-0.2, -0.15) is 21.6 Å². The Morgan fingerprint density at radius 3 is 2.26 bits per heavy atom. The van der Waals surface area contributed by atoms with Crippen molar-refractivity contribution in [1.29, 1.82) is 0 Å². The number of rotatable bonds is 31. The van der Waals surface area contributed by atoms with Gasteiger partial charge >= 0.3 is 28.2 Å². The van der Waals surface area contributed by atoms with E-state index in [4.69, 9.17) is 25.1 Å². The number of carbonyl (C=O) groups is 6. The average Bonchev–Trinajstić information content (AvgIpc) is 4.04. The minimum atomic E-state index is -4.63. The van der Waals surface area contributed by atoms with Crippen LogP contribution in [-0.2, 0) is 65.4 Å². The largest absolute Gasteiger partial charge is 0.416 e. The van der Waals surface area contributed by atoms with Crippen molar-refractivity contribution in [3.63, 3.8) is 0 Å². The molecule has 0 bridgehead atoms. The molecule has 0 spiro atoms. The van der Waals surface area contributed by atoms with Crippen molar-refractivity contribution >= 4 is 62.9 Å². The molecule has 7 atom stereocenters. The standard InChI is InChI=1S/C52H69F3N10O14S/c1-31(2)46(61-43(67)14-18-76-20-22-78-23-21-77-19-17-64-45(68)24-32(3)50(64)72)41(66)27-35(7-5-15-58-51(56)73)49(71)59-38-11-9-33(10-12-38)29-63-16-13-42(60-40-26-36(47(69)48(40)70)30-79-80(57,74)75)65-44(63)28-39(62-65)34-6-4-8-37(25-34)52(53,54)55/h4,6,8-13,16,25,28,31-32,35-36,40,46-48,69-70H,5,7,14-15,17-24,26-27,29-30H2,1-3H3,(H7,56,57,58,59,61,67,71,73,74,75)/p+1/t32?,35-,36-,40-,46+,47-,48+/m1/s1. The van der Waals surface area contributed by atoms with Crippen LogP contribution >= 0.6 is 0 Å². The minimum Gasteiger partial charge on any atom is -0.390 e. The number of urea groups is 1. The number of benzene rings is 2. The Bertz CT molecular complexity index is 2910. The highest BCUT2D eigenvalue weighted by Gasteiger charge is 2.43. The minimum absolute atomic E-state index is 0.0459. The number of ketones is 1. The fourth-order valence-corrected chi connectivity index (χ4v) is 9.67. The molecule has 28 heteroatoms. The number of imide groups is 1. The lowest BCUT2D eigenvalue weighted by molar-refractivity contribution is -0.665. The monoisotopic (exact) mass is 1150 g/mol. The van der Waals surface area contributed by atoms with Crippen LogP contribution in [0.5, 0.6) is 0 Å². The summed E-state index contributed by atoms with van der Waals surface area (Å²) < 4.78 is 88.5. The molecule has 24 nitrogen and oxygen atoms in total. The van der Waals surface area contributed by atoms with Gasteiger partial charge in [0, 0.05) is 60.9 Å². The maximum Gasteiger partial charge on any atom is 0.416 e. The van der Waals surface area contributed by atoms with E-state index in [2.05, 4.69) is 30.5 Å². The van der Waals surface area contributed by atoms with E-state index in [0.29, 0.717) is 23.3 Å². The van der Waals surface area contributed by atoms with E-state index in [9.17, 15) is 60.6 Å². The number of Topliss-reactive ketones (excluding diaryl/α,β-unsaturated/α-hetero) is 1. The Kier molecular flexibility index (Phi) is 22.4. The van der Waals surface area contributed by atoms with Gasteiger partial charge in [-0.25, -0.2) is 14.5 Å². The SMILES string of the molecule is CC1CC(=O)N(CCOCCOCCOCCC(=O)N[C@H](C(=O)C[C@@H](CCCNC(N)=O)C(=O)Nc2ccc(C[n+]3ccc(N[C@@H]4C[C@H](COS(N)(=O)=O)[C@@H](O)[C@H]4O)n4nc(-c5cccc(C(F)(F)F)c5)cc43)cc2)C(C)C)C1=O. The zero-order valence-corrected chi connectivity index (χ0v) is 45.4. The van der Waals surface area contributed by atoms with Crippen molar-refractivity contribution in [2.45, 2.75) is 96.3 Å². The Morgan fingerprint density at radius 2 is 1.62 bits per heavy atom. The second-order valence-electron chi connectivity index (χ2n) is 20.1. The molecule has 1 unspecified atom stereocenters. The molecule has 2 fully saturated rings. The van der Waals surface area contributed by atoms with Gasteiger partial charge in [0.2, 0.25) is 29.4 Å². The van der Waals surface area contributed by atoms with Gasteiger partial charge in [0.05, 0.1) is 88.8 Å². The van der Waals surface area contributed by atoms with E-state index in [-0.39, 0.29) is 138 Å². The normalized spacial score (nSPS) is 19.4. The van der Waals surface area contributed by atoms with Gasteiger partial charge in [-0.15, -0.1) is 0 Å². The fraction of sp³-hybridized carbons (Fsp3) is 0.538. The third-order valence-electron chi connectivity index (χ3n) is 13.6. The average molecular weight is 1150 g/mol. The van der Waals surface area contributed by atoms with E-state index < -0.39 is 82.6 Å². The molecule has 438 valence electrons. The first kappa shape index (κ1) is 62.5. The van der Waals surface area contributed by atoms with Crippen LogP contribution in [0.1, 0.15) is 70.4 Å². The van der Waals surface area contributed by atoms with Gasteiger partial charge in [0.1, 0.15) is 18.3 Å². The van der Waals surface area contributed by atoms with Crippen LogP contribution in [-0.4, -0.2) is 152 Å². The Hall–Kier alpha value is -6.66. The van der Waals surface area contributed by atoms with Crippen molar-refractivity contribution in [3.8, 4) is 11.3 Å². The highest BCUT2D eigenvalue weighted by Crippen LogP contribution is 2.34. The Balaban J connectivity index is 1.05. The molecule has 0 radical (unpaired) electrons. The smallest absolute Gasteiger partial charge is 0.390 e. The van der Waals surface area contributed by atoms with Crippen LogP contribution in [0.2, 0.25) is 0 Å². The summed E-state index contributed by atoms with van der Waals surface area (Å²) in [4.78, 5) is 77.3. The van der Waals surface area contributed by atoms with Crippen molar-refractivity contribution in [2.24, 2.45) is 34.5 Å². The number of alkyl halides is 3. The lowest BCUT2D eigenvalue weighted by Gasteiger charge is -2.24. The molecule has 10 N–H and O–H groups in total. The number of primary amides is 1. The quantitative estimate of drug-likeness (QED) is 0.0203. The van der Waals surface area contributed by atoms with Gasteiger partial charge in [-0.3, -0.25) is 33.1 Å². The van der Waals surface area contributed by atoms with Crippen LogP contribution in [0, 0.1) is 23.7 Å². The fourth-order valence-electron chi connectivity index (χ4n) is 9.31. The Labute approximate surface area is 460 Å². The molecule has 6 amide bonds. The number of hydrogen-bond acceptors (Lipinski definition) is 16. The lowest BCUT2D eigenvalue weighted by atomic mass is 9.89. The number of nitrogens with zero attached hydrogens (tertiary/aromatic N) is 4. The molecule has 2 aromatic heterocycles. The summed E-state index contributed by atoms with van der Waals surface area (Å²) in [5, 5.41) is 42.5. The number of likely N-dealkylation sites (tertiary alicyclic amines) is 1. The summed E-state index contributed by atoms with van der Waals surface area (Å²) in [7, 11) is -4.33. The van der Waals surface area contributed by atoms with Gasteiger partial charge in [-0.1, -0.05) is 54.7 Å². The number of amides is 6. The molecule has 2 aliphatic rings. The van der Waals surface area contributed by atoms with Crippen molar-refractivity contribution in [2.75, 3.05) is 70.0 Å². The van der Waals surface area contributed by atoms with E-state index in [1.165, 1.54) is 21.5 Å². The van der Waals surface area contributed by atoms with Crippen molar-refractivity contribution in [1.82, 2.24) is 25.1 Å². The summed E-state index contributed by atoms with van der Waals surface area (Å²) in [6.07, 6.45) is -5.29. The summed E-state index contributed by atoms with van der Waals surface area (Å²) in [5.41, 5.74) is 6.18. The molecule has 3 heterocycles. The first-order valence-electron chi connectivity index (χ1n) is 26.1. The van der Waals surface area contributed by atoms with Crippen molar-refractivity contribution in [3.05, 3.63) is 78.0 Å². The number of carbonyl (C=O) groups excluding carboxylic acids is 6. The molecule has 1 saturated heterocycles. The number of anilines is 2. The predicted octanol–water partition coefficient (Wildman–Crippen LogP) is 2.04. The first-order chi connectivity index (χ1) is 37.9. The van der Waals surface area contributed by atoms with E-state index in [0.717, 1.165) is 12.1 Å². The highest BCUT2D eigenvalue weighted by atomic mass is 32.2. The van der Waals surface area contributed by atoms with E-state index in [1.807, 2.05) is 0 Å². The second-order valence-corrected chi connectivity index (χ2v) is 21.3. The topological polar surface area (TPSA) is 339 Å². The van der Waals surface area contributed by atoms with Crippen LogP contribution in [0.4, 0.5) is 29.5 Å². The number of aliphatic hydroxyl groups is 2. The molecule has 1 saturated carbocycles. The molecular weight excluding hydrogens is 1080 g/mol. The number of nitrogens with two attached hydrogens (primary N) is 2. The van der Waals surface area contributed by atoms with Gasteiger partial charge in [0.25, 0.3) is 0 Å². The molecule has 4 aromatic rings. The van der Waals surface area contributed by atoms with Crippen LogP contribution in [0.3, 0.4) is 0 Å². The lowest BCUT2D eigenvalue weighted by Crippen LogP contribution is -2.45. The Morgan fingerprint density at radius 1 is 0.938 bits per heavy atom. The summed E-state index contributed by atoms with van der Waals surface area (Å²) in [6, 6.07) is 12.1. The number of fused-ring (bicyclic) bond motifs is 1. The molecular formula is C52H70F3N10O14S+. The summed E-state index contributed by atoms with van der Waals surface area (Å²) in [5.74, 6) is -3.80. The number of ether oxygens (including phenoxy) is 3. The first-order valence-corrected chi connectivity index (χ1v) is 27.6. The third kappa shape index (κ3) is 18.2. The van der Waals surface area contributed by atoms with Gasteiger partial charge in [-0.05, 0) is 55.0 Å². The number of hydrogen-bond donors (Lipinski definition) is 8. The summed E-state index contributed by atoms with van der Waals surface area (Å²) in [6.45, 7) is 6.41. The third-order valence-corrected chi connectivity index (χ3v) is 14.1. The molecule has 6 rings (SSSR count). The van der Waals surface area contributed by atoms with E-state index >= 15 is 0 Å². The molecule has 80 heavy (non-hydrogen) atoms. The van der Waals surface area contributed by atoms with Crippen LogP contribution in [0.15, 0.2) is 66.9 Å². The molecule has 1 aliphatic carbocycles. The molecule has 1 aliphatic heterocycles. The van der Waals surface area contributed by atoms with Gasteiger partial charge < -0.3 is 51.4 Å². The van der Waals surface area contributed by atoms with Crippen LogP contribution < -0.4 is 36.7 Å². The van der Waals surface area contributed by atoms with Gasteiger partial charge in [0.15, 0.2) is 5.78 Å². The predicted molar refractivity (Wildman–Crippen MR) is 281 cm³/mol. The van der Waals surface area contributed by atoms with E-state index in [1.54, 1.807) is 67.9 Å². The highest BCUT2D eigenvalue weighted by molar-refractivity contribution is 7.84.